The molecule has 0 aliphatic rings. The van der Waals surface area contributed by atoms with Crippen LogP contribution in [0.2, 0.25) is 0 Å². The first-order valence-corrected chi connectivity index (χ1v) is 6.71. The van der Waals surface area contributed by atoms with E-state index in [4.69, 9.17) is 9.52 Å². The lowest BCUT2D eigenvalue weighted by Crippen LogP contribution is -2.07. The maximum atomic E-state index is 11.5. The summed E-state index contributed by atoms with van der Waals surface area (Å²) in [6.45, 7) is 3.27. The molecule has 0 amide bonds. The molecule has 90 valence electrons. The summed E-state index contributed by atoms with van der Waals surface area (Å²) in [4.78, 5) is 10.7. The Kier molecular flexibility index (Phi) is 3.74. The quantitative estimate of drug-likeness (QED) is 0.853. The fraction of sp³-hybridized carbons (Fsp3) is 0.500. The lowest BCUT2D eigenvalue weighted by Gasteiger charge is -1.98. The van der Waals surface area contributed by atoms with Crippen molar-refractivity contribution in [3.05, 3.63) is 23.2 Å². The van der Waals surface area contributed by atoms with Crippen molar-refractivity contribution in [2.45, 2.75) is 26.0 Å². The van der Waals surface area contributed by atoms with Gasteiger partial charge in [-0.25, -0.2) is 13.2 Å². The van der Waals surface area contributed by atoms with Gasteiger partial charge in [-0.05, 0) is 19.4 Å². The molecule has 0 unspecified atom stereocenters. The fourth-order valence-corrected chi connectivity index (χ4v) is 2.77. The molecule has 1 aromatic heterocycles. The first-order valence-electron chi connectivity index (χ1n) is 4.88. The van der Waals surface area contributed by atoms with Crippen LogP contribution in [0.25, 0.3) is 0 Å². The molecule has 1 heterocycles. The van der Waals surface area contributed by atoms with Gasteiger partial charge in [0.25, 0.3) is 0 Å². The highest BCUT2D eigenvalue weighted by atomic mass is 32.2. The largest absolute Gasteiger partial charge is 0.478 e. The smallest absolute Gasteiger partial charge is 0.339 e. The monoisotopic (exact) mass is 246 g/mol. The Labute approximate surface area is 94.0 Å². The zero-order chi connectivity index (χ0) is 12.3. The molecule has 0 aliphatic heterocycles. The molecule has 0 saturated carbocycles. The Morgan fingerprint density at radius 3 is 2.56 bits per heavy atom. The molecule has 1 N–H and O–H groups in total. The van der Waals surface area contributed by atoms with Gasteiger partial charge in [-0.1, -0.05) is 6.92 Å². The zero-order valence-electron chi connectivity index (χ0n) is 9.19. The van der Waals surface area contributed by atoms with Crippen molar-refractivity contribution in [3.63, 3.8) is 0 Å². The summed E-state index contributed by atoms with van der Waals surface area (Å²) in [7, 11) is -3.20. The first-order chi connectivity index (χ1) is 7.35. The van der Waals surface area contributed by atoms with E-state index in [2.05, 4.69) is 0 Å². The molecule has 0 saturated heterocycles. The molecule has 1 aromatic rings. The summed E-state index contributed by atoms with van der Waals surface area (Å²) in [5.41, 5.74) is 0.0155. The summed E-state index contributed by atoms with van der Waals surface area (Å²) in [5, 5.41) is 8.77. The van der Waals surface area contributed by atoms with Crippen molar-refractivity contribution in [3.8, 4) is 0 Å². The molecule has 0 aliphatic carbocycles. The van der Waals surface area contributed by atoms with Crippen LogP contribution < -0.4 is 0 Å². The number of sulfone groups is 1. The molecule has 6 heteroatoms. The van der Waals surface area contributed by atoms with E-state index in [1.54, 1.807) is 6.92 Å². The van der Waals surface area contributed by atoms with E-state index in [0.717, 1.165) is 0 Å². The molecule has 0 bridgehead atoms. The van der Waals surface area contributed by atoms with Crippen LogP contribution in [0, 0.1) is 6.92 Å². The Morgan fingerprint density at radius 1 is 1.50 bits per heavy atom. The second-order valence-corrected chi connectivity index (χ2v) is 5.76. The SMILES string of the molecule is CCCS(=O)(=O)Cc1cc(C(=O)O)c(C)o1. The lowest BCUT2D eigenvalue weighted by atomic mass is 10.2. The number of carboxylic acid groups (broad SMARTS) is 1. The number of rotatable bonds is 5. The zero-order valence-corrected chi connectivity index (χ0v) is 10.0. The van der Waals surface area contributed by atoms with Gasteiger partial charge in [0.05, 0.1) is 5.75 Å². The predicted octanol–water partition coefficient (Wildman–Crippen LogP) is 1.61. The van der Waals surface area contributed by atoms with Crippen molar-refractivity contribution in [1.29, 1.82) is 0 Å². The molecule has 0 radical (unpaired) electrons. The van der Waals surface area contributed by atoms with Crippen LogP contribution in [0.3, 0.4) is 0 Å². The van der Waals surface area contributed by atoms with Gasteiger partial charge in [0, 0.05) is 0 Å². The molecule has 0 spiro atoms. The number of carbonyl (C=O) groups is 1. The minimum atomic E-state index is -3.20. The van der Waals surface area contributed by atoms with Crippen LogP contribution in [0.5, 0.6) is 0 Å². The van der Waals surface area contributed by atoms with Gasteiger partial charge >= 0.3 is 5.97 Å². The van der Waals surface area contributed by atoms with E-state index < -0.39 is 15.8 Å². The molecule has 5 nitrogen and oxygen atoms in total. The third kappa shape index (κ3) is 3.10. The van der Waals surface area contributed by atoms with Crippen LogP contribution in [-0.4, -0.2) is 25.2 Å². The van der Waals surface area contributed by atoms with Crippen molar-refractivity contribution in [1.82, 2.24) is 0 Å². The van der Waals surface area contributed by atoms with E-state index in [-0.39, 0.29) is 28.6 Å². The van der Waals surface area contributed by atoms with Crippen molar-refractivity contribution >= 4 is 15.8 Å². The van der Waals surface area contributed by atoms with Crippen molar-refractivity contribution < 1.29 is 22.7 Å². The maximum absolute atomic E-state index is 11.5. The topological polar surface area (TPSA) is 84.6 Å². The molecule has 1 rings (SSSR count). The predicted molar refractivity (Wildman–Crippen MR) is 58.2 cm³/mol. The van der Waals surface area contributed by atoms with E-state index in [1.165, 1.54) is 13.0 Å². The number of furan rings is 1. The van der Waals surface area contributed by atoms with Crippen LogP contribution in [0.1, 0.15) is 35.2 Å². The van der Waals surface area contributed by atoms with Gasteiger partial charge in [-0.15, -0.1) is 0 Å². The summed E-state index contributed by atoms with van der Waals surface area (Å²) in [5.74, 6) is -0.859. The number of aromatic carboxylic acids is 1. The summed E-state index contributed by atoms with van der Waals surface area (Å²) < 4.78 is 28.1. The highest BCUT2D eigenvalue weighted by molar-refractivity contribution is 7.90. The van der Waals surface area contributed by atoms with Crippen LogP contribution >= 0.6 is 0 Å². The summed E-state index contributed by atoms with van der Waals surface area (Å²) in [6.07, 6.45) is 0.536. The van der Waals surface area contributed by atoms with E-state index in [9.17, 15) is 13.2 Å². The van der Waals surface area contributed by atoms with E-state index in [1.807, 2.05) is 0 Å². The second-order valence-electron chi connectivity index (χ2n) is 3.58. The lowest BCUT2D eigenvalue weighted by molar-refractivity contribution is 0.0695. The Balaban J connectivity index is 2.91. The molecular weight excluding hydrogens is 232 g/mol. The number of hydrogen-bond acceptors (Lipinski definition) is 4. The van der Waals surface area contributed by atoms with Crippen molar-refractivity contribution in [2.24, 2.45) is 0 Å². The second kappa shape index (κ2) is 4.69. The number of hydrogen-bond donors (Lipinski definition) is 1. The average Bonchev–Trinajstić information content (AvgIpc) is 2.45. The Bertz CT molecular complexity index is 483. The van der Waals surface area contributed by atoms with Gasteiger partial charge in [0.1, 0.15) is 22.8 Å². The van der Waals surface area contributed by atoms with Gasteiger partial charge in [0.2, 0.25) is 0 Å². The van der Waals surface area contributed by atoms with Crippen LogP contribution in [0.4, 0.5) is 0 Å². The Morgan fingerprint density at radius 2 is 2.12 bits per heavy atom. The summed E-state index contributed by atoms with van der Waals surface area (Å²) in [6, 6.07) is 1.27. The summed E-state index contributed by atoms with van der Waals surface area (Å²) >= 11 is 0. The molecule has 0 aromatic carbocycles. The number of carboxylic acids is 1. The van der Waals surface area contributed by atoms with Gasteiger partial charge in [-0.2, -0.15) is 0 Å². The normalized spacial score (nSPS) is 11.6. The molecule has 0 atom stereocenters. The van der Waals surface area contributed by atoms with E-state index in [0.29, 0.717) is 6.42 Å². The van der Waals surface area contributed by atoms with Crippen LogP contribution in [0.15, 0.2) is 10.5 Å². The van der Waals surface area contributed by atoms with Gasteiger partial charge in [-0.3, -0.25) is 0 Å². The highest BCUT2D eigenvalue weighted by Gasteiger charge is 2.18. The first kappa shape index (κ1) is 12.8. The third-order valence-corrected chi connectivity index (χ3v) is 3.83. The maximum Gasteiger partial charge on any atom is 0.339 e. The third-order valence-electron chi connectivity index (χ3n) is 2.08. The standard InChI is InChI=1S/C10H14O5S/c1-3-4-16(13,14)6-8-5-9(10(11)12)7(2)15-8/h5H,3-4,6H2,1-2H3,(H,11,12). The minimum absolute atomic E-state index is 0.0155. The van der Waals surface area contributed by atoms with Gasteiger partial charge < -0.3 is 9.52 Å². The van der Waals surface area contributed by atoms with E-state index >= 15 is 0 Å². The molecule has 16 heavy (non-hydrogen) atoms. The minimum Gasteiger partial charge on any atom is -0.478 e. The average molecular weight is 246 g/mol. The number of aryl methyl sites for hydroxylation is 1. The Hall–Kier alpha value is -1.30. The molecule has 0 fully saturated rings. The fourth-order valence-electron chi connectivity index (χ4n) is 1.43. The highest BCUT2D eigenvalue weighted by Crippen LogP contribution is 2.17. The van der Waals surface area contributed by atoms with Crippen molar-refractivity contribution in [2.75, 3.05) is 5.75 Å². The van der Waals surface area contributed by atoms with Gasteiger partial charge in [0.15, 0.2) is 9.84 Å². The molecular formula is C10H14O5S. The van der Waals surface area contributed by atoms with Crippen LogP contribution in [-0.2, 0) is 15.6 Å².